The molecule has 0 bridgehead atoms. The van der Waals surface area contributed by atoms with Crippen molar-refractivity contribution in [2.45, 2.75) is 13.3 Å². The van der Waals surface area contributed by atoms with Gasteiger partial charge in [0.05, 0.1) is 0 Å². The van der Waals surface area contributed by atoms with Crippen molar-refractivity contribution in [1.29, 1.82) is 0 Å². The molecule has 0 aromatic heterocycles. The molecule has 0 spiro atoms. The van der Waals surface area contributed by atoms with E-state index in [1.807, 2.05) is 6.92 Å². The molecule has 0 radical (unpaired) electrons. The van der Waals surface area contributed by atoms with Crippen molar-refractivity contribution in [2.75, 3.05) is 0 Å². The lowest BCUT2D eigenvalue weighted by Crippen LogP contribution is -2.15. The topological polar surface area (TPSA) is 17.1 Å². The highest BCUT2D eigenvalue weighted by Crippen LogP contribution is 2.30. The van der Waals surface area contributed by atoms with E-state index in [-0.39, 0.29) is 5.41 Å². The van der Waals surface area contributed by atoms with E-state index >= 15 is 0 Å². The Labute approximate surface area is 71.3 Å². The number of carbonyl (C=O) groups is 1. The first-order chi connectivity index (χ1) is 5.57. The number of hydrogen-bond donors (Lipinski definition) is 0. The van der Waals surface area contributed by atoms with Crippen LogP contribution in [0.15, 0.2) is 36.7 Å². The van der Waals surface area contributed by atoms with E-state index in [0.717, 1.165) is 0 Å². The Kier molecular flexibility index (Phi) is 2.27. The molecule has 0 fully saturated rings. The Balaban J connectivity index is 2.90. The monoisotopic (exact) mass is 166 g/mol. The Morgan fingerprint density at radius 2 is 2.42 bits per heavy atom. The van der Waals surface area contributed by atoms with Gasteiger partial charge in [-0.15, -0.1) is 6.58 Å². The first-order valence-corrected chi connectivity index (χ1v) is 3.80. The highest BCUT2D eigenvalue weighted by Gasteiger charge is 2.23. The average molecular weight is 166 g/mol. The summed E-state index contributed by atoms with van der Waals surface area (Å²) in [5.41, 5.74) is -0.375. The highest BCUT2D eigenvalue weighted by molar-refractivity contribution is 6.03. The summed E-state index contributed by atoms with van der Waals surface area (Å²) in [5.74, 6) is -1.21. The zero-order valence-electron chi connectivity index (χ0n) is 7.01. The predicted octanol–water partition coefficient (Wildman–Crippen LogP) is 2.56. The molecule has 1 aliphatic carbocycles. The second-order valence-electron chi connectivity index (χ2n) is 3.19. The van der Waals surface area contributed by atoms with Gasteiger partial charge in [-0.2, -0.15) is 0 Å². The number of rotatable bonds is 2. The number of hydrogen-bond acceptors (Lipinski definition) is 1. The van der Waals surface area contributed by atoms with Gasteiger partial charge in [-0.1, -0.05) is 19.1 Å². The van der Waals surface area contributed by atoms with E-state index in [4.69, 9.17) is 0 Å². The van der Waals surface area contributed by atoms with Crippen LogP contribution in [-0.2, 0) is 4.79 Å². The fourth-order valence-corrected chi connectivity index (χ4v) is 1.19. The summed E-state index contributed by atoms with van der Waals surface area (Å²) in [4.78, 5) is 10.7. The SMILES string of the molecule is C=CCC1(C)C=CC(=O)C(F)=C1. The molecule has 0 amide bonds. The molecule has 0 saturated heterocycles. The predicted molar refractivity (Wildman–Crippen MR) is 46.3 cm³/mol. The molecule has 0 aromatic rings. The fourth-order valence-electron chi connectivity index (χ4n) is 1.19. The summed E-state index contributed by atoms with van der Waals surface area (Å²) < 4.78 is 12.8. The molecule has 1 unspecified atom stereocenters. The van der Waals surface area contributed by atoms with Crippen LogP contribution in [0.4, 0.5) is 4.39 Å². The number of allylic oxidation sites excluding steroid dienone is 5. The standard InChI is InChI=1S/C10H11FO/c1-3-5-10(2)6-4-9(12)8(11)7-10/h3-4,6-7H,1,5H2,2H3. The van der Waals surface area contributed by atoms with Crippen molar-refractivity contribution < 1.29 is 9.18 Å². The first kappa shape index (κ1) is 8.91. The molecular weight excluding hydrogens is 155 g/mol. The van der Waals surface area contributed by atoms with Gasteiger partial charge < -0.3 is 0 Å². The molecular formula is C10H11FO. The third-order valence-corrected chi connectivity index (χ3v) is 1.89. The molecule has 1 rings (SSSR count). The molecule has 0 saturated carbocycles. The van der Waals surface area contributed by atoms with Crippen LogP contribution in [0.2, 0.25) is 0 Å². The van der Waals surface area contributed by atoms with Crippen molar-refractivity contribution >= 4 is 5.78 Å². The van der Waals surface area contributed by atoms with E-state index in [2.05, 4.69) is 6.58 Å². The lowest BCUT2D eigenvalue weighted by atomic mass is 9.83. The minimum atomic E-state index is -0.665. The second-order valence-corrected chi connectivity index (χ2v) is 3.19. The summed E-state index contributed by atoms with van der Waals surface area (Å²) in [6, 6.07) is 0. The van der Waals surface area contributed by atoms with Crippen LogP contribution in [0.3, 0.4) is 0 Å². The van der Waals surface area contributed by atoms with Crippen molar-refractivity contribution in [3.05, 3.63) is 36.7 Å². The number of ketones is 1. The largest absolute Gasteiger partial charge is 0.287 e. The molecule has 0 aromatic carbocycles. The van der Waals surface area contributed by atoms with Gasteiger partial charge >= 0.3 is 0 Å². The zero-order chi connectivity index (χ0) is 9.19. The van der Waals surface area contributed by atoms with Crippen molar-refractivity contribution in [3.63, 3.8) is 0 Å². The molecule has 1 aliphatic rings. The Morgan fingerprint density at radius 1 is 1.75 bits per heavy atom. The van der Waals surface area contributed by atoms with Gasteiger partial charge in [0.2, 0.25) is 5.78 Å². The van der Waals surface area contributed by atoms with Crippen molar-refractivity contribution in [2.24, 2.45) is 5.41 Å². The van der Waals surface area contributed by atoms with Crippen LogP contribution in [-0.4, -0.2) is 5.78 Å². The van der Waals surface area contributed by atoms with Gasteiger partial charge in [-0.05, 0) is 18.6 Å². The third kappa shape index (κ3) is 1.70. The van der Waals surface area contributed by atoms with E-state index in [1.165, 1.54) is 12.2 Å². The minimum absolute atomic E-state index is 0.375. The van der Waals surface area contributed by atoms with E-state index < -0.39 is 11.6 Å². The van der Waals surface area contributed by atoms with Crippen LogP contribution >= 0.6 is 0 Å². The van der Waals surface area contributed by atoms with Crippen LogP contribution in [0.25, 0.3) is 0 Å². The van der Waals surface area contributed by atoms with E-state index in [9.17, 15) is 9.18 Å². The van der Waals surface area contributed by atoms with Crippen LogP contribution in [0.5, 0.6) is 0 Å². The van der Waals surface area contributed by atoms with Crippen LogP contribution in [0, 0.1) is 5.41 Å². The summed E-state index contributed by atoms with van der Waals surface area (Å²) in [6.45, 7) is 5.43. The van der Waals surface area contributed by atoms with Crippen LogP contribution in [0.1, 0.15) is 13.3 Å². The van der Waals surface area contributed by atoms with Gasteiger partial charge in [0.15, 0.2) is 5.83 Å². The van der Waals surface area contributed by atoms with Crippen LogP contribution < -0.4 is 0 Å². The first-order valence-electron chi connectivity index (χ1n) is 3.80. The lowest BCUT2D eigenvalue weighted by Gasteiger charge is -2.22. The highest BCUT2D eigenvalue weighted by atomic mass is 19.1. The second kappa shape index (κ2) is 3.05. The van der Waals surface area contributed by atoms with Gasteiger partial charge in [0.25, 0.3) is 0 Å². The lowest BCUT2D eigenvalue weighted by molar-refractivity contribution is -0.112. The molecule has 1 nitrogen and oxygen atoms in total. The molecule has 0 heterocycles. The van der Waals surface area contributed by atoms with Gasteiger partial charge in [-0.3, -0.25) is 4.79 Å². The van der Waals surface area contributed by atoms with Gasteiger partial charge in [-0.25, -0.2) is 4.39 Å². The number of carbonyl (C=O) groups excluding carboxylic acids is 1. The van der Waals surface area contributed by atoms with Crippen molar-refractivity contribution in [3.8, 4) is 0 Å². The smallest absolute Gasteiger partial charge is 0.213 e. The molecule has 1 atom stereocenters. The zero-order valence-corrected chi connectivity index (χ0v) is 7.01. The summed E-state index contributed by atoms with van der Waals surface area (Å²) in [7, 11) is 0. The number of halogens is 1. The average Bonchev–Trinajstić information content (AvgIpc) is 1.98. The molecule has 2 heteroatoms. The third-order valence-electron chi connectivity index (χ3n) is 1.89. The maximum absolute atomic E-state index is 12.8. The summed E-state index contributed by atoms with van der Waals surface area (Å²) >= 11 is 0. The normalized spacial score (nSPS) is 28.5. The Hall–Kier alpha value is -1.18. The molecule has 0 N–H and O–H groups in total. The summed E-state index contributed by atoms with van der Waals surface area (Å²) in [6.07, 6.45) is 6.68. The van der Waals surface area contributed by atoms with Crippen molar-refractivity contribution in [1.82, 2.24) is 0 Å². The van der Waals surface area contributed by atoms with E-state index in [0.29, 0.717) is 6.42 Å². The quantitative estimate of drug-likeness (QED) is 0.576. The minimum Gasteiger partial charge on any atom is -0.287 e. The fraction of sp³-hybridized carbons (Fsp3) is 0.300. The van der Waals surface area contributed by atoms with Gasteiger partial charge in [0.1, 0.15) is 0 Å². The van der Waals surface area contributed by atoms with Gasteiger partial charge in [0, 0.05) is 5.41 Å². The maximum atomic E-state index is 12.8. The van der Waals surface area contributed by atoms with E-state index in [1.54, 1.807) is 12.2 Å². The Morgan fingerprint density at radius 3 is 2.92 bits per heavy atom. The molecule has 12 heavy (non-hydrogen) atoms. The maximum Gasteiger partial charge on any atom is 0.213 e. The molecule has 0 aliphatic heterocycles. The Bertz CT molecular complexity index is 276. The summed E-state index contributed by atoms with van der Waals surface area (Å²) in [5, 5.41) is 0. The molecule has 64 valence electrons.